The second-order valence-corrected chi connectivity index (χ2v) is 5.22. The fourth-order valence-corrected chi connectivity index (χ4v) is 2.56. The van der Waals surface area contributed by atoms with Gasteiger partial charge in [-0.15, -0.1) is 0 Å². The van der Waals surface area contributed by atoms with Gasteiger partial charge in [-0.25, -0.2) is 9.78 Å². The van der Waals surface area contributed by atoms with E-state index in [1.165, 1.54) is 17.8 Å². The minimum Gasteiger partial charge on any atom is -0.478 e. The number of halogens is 2. The minimum atomic E-state index is -1.01. The molecule has 1 heterocycles. The van der Waals surface area contributed by atoms with Crippen LogP contribution >= 0.6 is 35.0 Å². The molecule has 0 atom stereocenters. The fourth-order valence-electron chi connectivity index (χ4n) is 1.29. The standard InChI is InChI=1S/C12H7Cl2NO2S/c13-9-4-3-7(6-10(9)14)18-11-8(12(16)17)2-1-5-15-11/h1-6H,(H,16,17). The van der Waals surface area contributed by atoms with Crippen molar-refractivity contribution in [2.45, 2.75) is 9.92 Å². The monoisotopic (exact) mass is 299 g/mol. The van der Waals surface area contributed by atoms with Crippen LogP contribution < -0.4 is 0 Å². The average molecular weight is 300 g/mol. The summed E-state index contributed by atoms with van der Waals surface area (Å²) in [5.74, 6) is -1.01. The molecule has 0 aliphatic heterocycles. The second kappa shape index (κ2) is 5.61. The maximum Gasteiger partial charge on any atom is 0.338 e. The molecule has 2 rings (SSSR count). The van der Waals surface area contributed by atoms with Crippen molar-refractivity contribution >= 4 is 40.9 Å². The van der Waals surface area contributed by atoms with Crippen LogP contribution in [0.25, 0.3) is 0 Å². The van der Waals surface area contributed by atoms with Crippen LogP contribution in [0.4, 0.5) is 0 Å². The predicted molar refractivity (Wildman–Crippen MR) is 71.8 cm³/mol. The first kappa shape index (κ1) is 13.2. The zero-order valence-corrected chi connectivity index (χ0v) is 11.3. The number of rotatable bonds is 3. The highest BCUT2D eigenvalue weighted by molar-refractivity contribution is 7.99. The molecule has 0 saturated carbocycles. The summed E-state index contributed by atoms with van der Waals surface area (Å²) in [6.45, 7) is 0. The number of carboxylic acid groups (broad SMARTS) is 1. The van der Waals surface area contributed by atoms with E-state index in [4.69, 9.17) is 28.3 Å². The van der Waals surface area contributed by atoms with Gasteiger partial charge in [0.15, 0.2) is 0 Å². The van der Waals surface area contributed by atoms with E-state index >= 15 is 0 Å². The van der Waals surface area contributed by atoms with Crippen molar-refractivity contribution in [3.8, 4) is 0 Å². The number of pyridine rings is 1. The van der Waals surface area contributed by atoms with Gasteiger partial charge in [0.2, 0.25) is 0 Å². The summed E-state index contributed by atoms with van der Waals surface area (Å²) in [6, 6.07) is 8.20. The average Bonchev–Trinajstić information content (AvgIpc) is 2.34. The Morgan fingerprint density at radius 3 is 2.67 bits per heavy atom. The van der Waals surface area contributed by atoms with Crippen LogP contribution in [-0.2, 0) is 0 Å². The van der Waals surface area contributed by atoms with Gasteiger partial charge >= 0.3 is 5.97 Å². The molecule has 6 heteroatoms. The van der Waals surface area contributed by atoms with Crippen molar-refractivity contribution in [2.24, 2.45) is 0 Å². The number of carboxylic acids is 1. The number of hydrogen-bond acceptors (Lipinski definition) is 3. The smallest absolute Gasteiger partial charge is 0.338 e. The summed E-state index contributed by atoms with van der Waals surface area (Å²) in [7, 11) is 0. The highest BCUT2D eigenvalue weighted by Crippen LogP contribution is 2.32. The van der Waals surface area contributed by atoms with Crippen LogP contribution in [0.3, 0.4) is 0 Å². The second-order valence-electron chi connectivity index (χ2n) is 3.34. The van der Waals surface area contributed by atoms with Crippen LogP contribution in [0.1, 0.15) is 10.4 Å². The number of benzene rings is 1. The normalized spacial score (nSPS) is 10.3. The Labute approximate surface area is 118 Å². The lowest BCUT2D eigenvalue weighted by Crippen LogP contribution is -1.99. The molecule has 1 N–H and O–H groups in total. The van der Waals surface area contributed by atoms with Crippen LogP contribution in [-0.4, -0.2) is 16.1 Å². The molecule has 18 heavy (non-hydrogen) atoms. The molecule has 0 fully saturated rings. The molecule has 0 spiro atoms. The van der Waals surface area contributed by atoms with Gasteiger partial charge in [0.25, 0.3) is 0 Å². The van der Waals surface area contributed by atoms with E-state index in [-0.39, 0.29) is 5.56 Å². The highest BCUT2D eigenvalue weighted by Gasteiger charge is 2.12. The van der Waals surface area contributed by atoms with Gasteiger partial charge in [-0.2, -0.15) is 0 Å². The first-order chi connectivity index (χ1) is 8.58. The van der Waals surface area contributed by atoms with Crippen molar-refractivity contribution in [1.29, 1.82) is 0 Å². The molecular formula is C12H7Cl2NO2S. The molecule has 0 aliphatic carbocycles. The molecule has 0 bridgehead atoms. The molecule has 0 aliphatic rings. The topological polar surface area (TPSA) is 50.2 Å². The van der Waals surface area contributed by atoms with Crippen molar-refractivity contribution in [1.82, 2.24) is 4.98 Å². The maximum atomic E-state index is 11.0. The van der Waals surface area contributed by atoms with Crippen LogP contribution in [0.2, 0.25) is 10.0 Å². The lowest BCUT2D eigenvalue weighted by molar-refractivity contribution is 0.0692. The molecule has 0 unspecified atom stereocenters. The molecule has 0 radical (unpaired) electrons. The van der Waals surface area contributed by atoms with Crippen molar-refractivity contribution in [3.05, 3.63) is 52.1 Å². The Morgan fingerprint density at radius 1 is 1.22 bits per heavy atom. The Bertz CT molecular complexity index is 604. The summed E-state index contributed by atoms with van der Waals surface area (Å²) in [5.41, 5.74) is 0.161. The number of aromatic carboxylic acids is 1. The van der Waals surface area contributed by atoms with Gasteiger partial charge in [0.05, 0.1) is 15.6 Å². The van der Waals surface area contributed by atoms with Crippen LogP contribution in [0, 0.1) is 0 Å². The molecule has 0 saturated heterocycles. The zero-order valence-electron chi connectivity index (χ0n) is 8.93. The third-order valence-electron chi connectivity index (χ3n) is 2.11. The van der Waals surface area contributed by atoms with Crippen LogP contribution in [0.5, 0.6) is 0 Å². The Balaban J connectivity index is 2.34. The molecule has 1 aromatic carbocycles. The summed E-state index contributed by atoms with van der Waals surface area (Å²) in [4.78, 5) is 15.9. The zero-order chi connectivity index (χ0) is 13.1. The summed E-state index contributed by atoms with van der Waals surface area (Å²) < 4.78 is 0. The summed E-state index contributed by atoms with van der Waals surface area (Å²) in [6.07, 6.45) is 1.55. The lowest BCUT2D eigenvalue weighted by atomic mass is 10.3. The SMILES string of the molecule is O=C(O)c1cccnc1Sc1ccc(Cl)c(Cl)c1. The number of hydrogen-bond donors (Lipinski definition) is 1. The molecule has 0 amide bonds. The largest absolute Gasteiger partial charge is 0.478 e. The Kier molecular flexibility index (Phi) is 4.11. The summed E-state index contributed by atoms with van der Waals surface area (Å²) in [5, 5.41) is 10.3. The molecule has 2 aromatic rings. The quantitative estimate of drug-likeness (QED) is 0.921. The van der Waals surface area contributed by atoms with E-state index in [1.54, 1.807) is 30.5 Å². The number of aromatic nitrogens is 1. The van der Waals surface area contributed by atoms with Gasteiger partial charge in [0, 0.05) is 11.1 Å². The number of nitrogens with zero attached hydrogens (tertiary/aromatic N) is 1. The van der Waals surface area contributed by atoms with E-state index in [1.807, 2.05) is 0 Å². The van der Waals surface area contributed by atoms with Crippen molar-refractivity contribution in [2.75, 3.05) is 0 Å². The maximum absolute atomic E-state index is 11.0. The van der Waals surface area contributed by atoms with Crippen molar-refractivity contribution < 1.29 is 9.90 Å². The predicted octanol–water partition coefficient (Wildman–Crippen LogP) is 4.24. The molecule has 92 valence electrons. The molecular weight excluding hydrogens is 293 g/mol. The van der Waals surface area contributed by atoms with Crippen molar-refractivity contribution in [3.63, 3.8) is 0 Å². The van der Waals surface area contributed by atoms with E-state index < -0.39 is 5.97 Å². The molecule has 1 aromatic heterocycles. The number of carbonyl (C=O) groups is 1. The highest BCUT2D eigenvalue weighted by atomic mass is 35.5. The summed E-state index contributed by atoms with van der Waals surface area (Å²) >= 11 is 12.9. The first-order valence-electron chi connectivity index (χ1n) is 4.89. The van der Waals surface area contributed by atoms with Gasteiger partial charge < -0.3 is 5.11 Å². The Morgan fingerprint density at radius 2 is 2.00 bits per heavy atom. The fraction of sp³-hybridized carbons (Fsp3) is 0. The van der Waals surface area contributed by atoms with Gasteiger partial charge in [-0.1, -0.05) is 35.0 Å². The van der Waals surface area contributed by atoms with E-state index in [0.717, 1.165) is 4.90 Å². The third kappa shape index (κ3) is 2.96. The van der Waals surface area contributed by atoms with Crippen LogP contribution in [0.15, 0.2) is 46.5 Å². The Hall–Kier alpha value is -1.23. The minimum absolute atomic E-state index is 0.161. The van der Waals surface area contributed by atoms with Gasteiger partial charge in [-0.05, 0) is 30.3 Å². The first-order valence-corrected chi connectivity index (χ1v) is 6.46. The van der Waals surface area contributed by atoms with Gasteiger partial charge in [-0.3, -0.25) is 0 Å². The third-order valence-corrected chi connectivity index (χ3v) is 3.85. The van der Waals surface area contributed by atoms with E-state index in [9.17, 15) is 4.79 Å². The van der Waals surface area contributed by atoms with Gasteiger partial charge in [0.1, 0.15) is 5.03 Å². The van der Waals surface area contributed by atoms with E-state index in [0.29, 0.717) is 15.1 Å². The van der Waals surface area contributed by atoms with E-state index in [2.05, 4.69) is 4.98 Å². The lowest BCUT2D eigenvalue weighted by Gasteiger charge is -2.05. The molecule has 3 nitrogen and oxygen atoms in total.